The lowest BCUT2D eigenvalue weighted by Crippen LogP contribution is -2.17. The zero-order chi connectivity index (χ0) is 19.8. The van der Waals surface area contributed by atoms with Gasteiger partial charge in [0.1, 0.15) is 0 Å². The fraction of sp³-hybridized carbons (Fsp3) is 0.409. The number of aryl methyl sites for hydroxylation is 2. The van der Waals surface area contributed by atoms with Gasteiger partial charge in [0, 0.05) is 10.2 Å². The lowest BCUT2D eigenvalue weighted by atomic mass is 10.0. The Hall–Kier alpha value is -2.01. The number of ether oxygens (including phenoxy) is 2. The minimum Gasteiger partial charge on any atom is -0.490 e. The molecule has 5 heteroatoms. The van der Waals surface area contributed by atoms with E-state index in [4.69, 9.17) is 9.47 Å². The van der Waals surface area contributed by atoms with Crippen molar-refractivity contribution in [3.63, 3.8) is 0 Å². The average molecular weight is 434 g/mol. The molecule has 1 N–H and O–H groups in total. The highest BCUT2D eigenvalue weighted by Gasteiger charge is 2.15. The van der Waals surface area contributed by atoms with Crippen LogP contribution in [0.1, 0.15) is 44.4 Å². The van der Waals surface area contributed by atoms with Crippen LogP contribution in [0.25, 0.3) is 0 Å². The fourth-order valence-electron chi connectivity index (χ4n) is 3.01. The zero-order valence-corrected chi connectivity index (χ0v) is 18.1. The Kier molecular flexibility index (Phi) is 8.17. The van der Waals surface area contributed by atoms with Crippen LogP contribution in [0.4, 0.5) is 5.69 Å². The van der Waals surface area contributed by atoms with Gasteiger partial charge < -0.3 is 14.8 Å². The van der Waals surface area contributed by atoms with Gasteiger partial charge in [0.15, 0.2) is 11.5 Å². The first-order valence-electron chi connectivity index (χ1n) is 9.52. The van der Waals surface area contributed by atoms with Gasteiger partial charge in [0.05, 0.1) is 19.6 Å². The van der Waals surface area contributed by atoms with Gasteiger partial charge in [-0.2, -0.15) is 0 Å². The van der Waals surface area contributed by atoms with Gasteiger partial charge in [-0.1, -0.05) is 48.0 Å². The van der Waals surface area contributed by atoms with Crippen molar-refractivity contribution >= 4 is 27.5 Å². The van der Waals surface area contributed by atoms with Crippen LogP contribution in [0.15, 0.2) is 34.8 Å². The Labute approximate surface area is 170 Å². The average Bonchev–Trinajstić information content (AvgIpc) is 2.65. The number of hydrogen-bond acceptors (Lipinski definition) is 3. The fourth-order valence-corrected chi connectivity index (χ4v) is 3.47. The van der Waals surface area contributed by atoms with E-state index >= 15 is 0 Å². The van der Waals surface area contributed by atoms with Crippen LogP contribution < -0.4 is 14.8 Å². The monoisotopic (exact) mass is 433 g/mol. The summed E-state index contributed by atoms with van der Waals surface area (Å²) < 4.78 is 12.1. The highest BCUT2D eigenvalue weighted by atomic mass is 79.9. The zero-order valence-electron chi connectivity index (χ0n) is 16.5. The lowest BCUT2D eigenvalue weighted by Gasteiger charge is -2.16. The molecule has 27 heavy (non-hydrogen) atoms. The number of benzene rings is 2. The lowest BCUT2D eigenvalue weighted by molar-refractivity contribution is -0.115. The number of amides is 1. The molecule has 0 heterocycles. The third kappa shape index (κ3) is 5.48. The van der Waals surface area contributed by atoms with Crippen molar-refractivity contribution in [2.24, 2.45) is 0 Å². The second-order valence-electron chi connectivity index (χ2n) is 6.14. The molecule has 0 aliphatic rings. The largest absolute Gasteiger partial charge is 0.490 e. The quantitative estimate of drug-likeness (QED) is 0.563. The molecule has 0 aliphatic carbocycles. The van der Waals surface area contributed by atoms with Gasteiger partial charge in [-0.25, -0.2) is 0 Å². The minimum absolute atomic E-state index is 0.0436. The molecule has 1 amide bonds. The van der Waals surface area contributed by atoms with Crippen LogP contribution in [0.2, 0.25) is 0 Å². The Morgan fingerprint density at radius 1 is 0.926 bits per heavy atom. The number of carbonyl (C=O) groups excluding carboxylic acids is 1. The van der Waals surface area contributed by atoms with Crippen molar-refractivity contribution in [2.45, 2.75) is 47.0 Å². The standard InChI is InChI=1S/C22H28BrNO3/c1-5-15-10-9-11-16(6-2)22(15)24-21(25)13-17-12-19(26-7-3)20(27-8-4)14-18(17)23/h9-12,14H,5-8,13H2,1-4H3,(H,24,25). The van der Waals surface area contributed by atoms with Crippen molar-refractivity contribution in [2.75, 3.05) is 18.5 Å². The molecule has 4 nitrogen and oxygen atoms in total. The van der Waals surface area contributed by atoms with Gasteiger partial charge in [0.25, 0.3) is 0 Å². The Balaban J connectivity index is 2.24. The van der Waals surface area contributed by atoms with Crippen LogP contribution in [0, 0.1) is 0 Å². The van der Waals surface area contributed by atoms with Crippen LogP contribution in [-0.2, 0) is 24.1 Å². The molecule has 0 aliphatic heterocycles. The molecule has 0 atom stereocenters. The maximum absolute atomic E-state index is 12.7. The molecule has 0 saturated carbocycles. The maximum atomic E-state index is 12.7. The summed E-state index contributed by atoms with van der Waals surface area (Å²) in [6, 6.07) is 9.92. The molecule has 0 spiro atoms. The van der Waals surface area contributed by atoms with Crippen LogP contribution in [-0.4, -0.2) is 19.1 Å². The Morgan fingerprint density at radius 2 is 1.48 bits per heavy atom. The van der Waals surface area contributed by atoms with Crippen molar-refractivity contribution in [1.82, 2.24) is 0 Å². The van der Waals surface area contributed by atoms with E-state index in [1.807, 2.05) is 32.0 Å². The minimum atomic E-state index is -0.0436. The van der Waals surface area contributed by atoms with Crippen molar-refractivity contribution in [3.8, 4) is 11.5 Å². The summed E-state index contributed by atoms with van der Waals surface area (Å²) in [5, 5.41) is 3.12. The van der Waals surface area contributed by atoms with Gasteiger partial charge in [-0.15, -0.1) is 0 Å². The van der Waals surface area contributed by atoms with E-state index in [9.17, 15) is 4.79 Å². The normalized spacial score (nSPS) is 10.6. The second-order valence-corrected chi connectivity index (χ2v) is 6.99. The van der Waals surface area contributed by atoms with E-state index in [0.29, 0.717) is 24.7 Å². The smallest absolute Gasteiger partial charge is 0.228 e. The molecule has 0 aromatic heterocycles. The van der Waals surface area contributed by atoms with Gasteiger partial charge >= 0.3 is 0 Å². The summed E-state index contributed by atoms with van der Waals surface area (Å²) >= 11 is 3.56. The number of para-hydroxylation sites is 1. The summed E-state index contributed by atoms with van der Waals surface area (Å²) in [5.74, 6) is 1.30. The summed E-state index contributed by atoms with van der Waals surface area (Å²) in [4.78, 5) is 12.7. The predicted octanol–water partition coefficient (Wildman–Crippen LogP) is 5.55. The molecule has 146 valence electrons. The third-order valence-corrected chi connectivity index (χ3v) is 5.06. The molecule has 0 bridgehead atoms. The highest BCUT2D eigenvalue weighted by molar-refractivity contribution is 9.10. The van der Waals surface area contributed by atoms with Crippen molar-refractivity contribution in [3.05, 3.63) is 51.5 Å². The summed E-state index contributed by atoms with van der Waals surface area (Å²) in [5.41, 5.74) is 4.12. The SMILES string of the molecule is CCOc1cc(Br)c(CC(=O)Nc2c(CC)cccc2CC)cc1OCC. The molecule has 0 radical (unpaired) electrons. The molecule has 2 aromatic carbocycles. The number of carbonyl (C=O) groups is 1. The number of hydrogen-bond donors (Lipinski definition) is 1. The number of anilines is 1. The van der Waals surface area contributed by atoms with Crippen LogP contribution in [0.5, 0.6) is 11.5 Å². The molecule has 0 fully saturated rings. The van der Waals surface area contributed by atoms with Crippen LogP contribution >= 0.6 is 15.9 Å². The van der Waals surface area contributed by atoms with Crippen LogP contribution in [0.3, 0.4) is 0 Å². The van der Waals surface area contributed by atoms with Gasteiger partial charge in [-0.05, 0) is 55.5 Å². The number of rotatable bonds is 9. The first-order valence-corrected chi connectivity index (χ1v) is 10.3. The Bertz CT molecular complexity index is 767. The van der Waals surface area contributed by atoms with Gasteiger partial charge in [0.2, 0.25) is 5.91 Å². The second kappa shape index (κ2) is 10.4. The van der Waals surface area contributed by atoms with Crippen molar-refractivity contribution in [1.29, 1.82) is 0 Å². The van der Waals surface area contributed by atoms with E-state index in [1.54, 1.807) is 0 Å². The van der Waals surface area contributed by atoms with E-state index in [2.05, 4.69) is 47.2 Å². The van der Waals surface area contributed by atoms with E-state index in [0.717, 1.165) is 39.7 Å². The predicted molar refractivity (Wildman–Crippen MR) is 114 cm³/mol. The van der Waals surface area contributed by atoms with Crippen molar-refractivity contribution < 1.29 is 14.3 Å². The molecule has 0 saturated heterocycles. The Morgan fingerprint density at radius 3 is 2.00 bits per heavy atom. The number of nitrogens with one attached hydrogen (secondary N) is 1. The molecule has 2 rings (SSSR count). The summed E-state index contributed by atoms with van der Waals surface area (Å²) in [7, 11) is 0. The maximum Gasteiger partial charge on any atom is 0.228 e. The van der Waals surface area contributed by atoms with Gasteiger partial charge in [-0.3, -0.25) is 4.79 Å². The van der Waals surface area contributed by atoms with E-state index in [1.165, 1.54) is 0 Å². The molecular weight excluding hydrogens is 406 g/mol. The van der Waals surface area contributed by atoms with E-state index < -0.39 is 0 Å². The molecular formula is C22H28BrNO3. The summed E-state index contributed by atoms with van der Waals surface area (Å²) in [6.45, 7) is 9.15. The first-order chi connectivity index (χ1) is 13.0. The summed E-state index contributed by atoms with van der Waals surface area (Å²) in [6.07, 6.45) is 2.02. The first kappa shape index (κ1) is 21.3. The molecule has 2 aromatic rings. The highest BCUT2D eigenvalue weighted by Crippen LogP contribution is 2.34. The topological polar surface area (TPSA) is 47.6 Å². The number of halogens is 1. The third-order valence-electron chi connectivity index (χ3n) is 4.33. The molecule has 0 unspecified atom stereocenters. The van der Waals surface area contributed by atoms with E-state index in [-0.39, 0.29) is 12.3 Å².